The summed E-state index contributed by atoms with van der Waals surface area (Å²) in [4.78, 5) is 12.3. The third-order valence-electron chi connectivity index (χ3n) is 3.90. The molecule has 0 aliphatic rings. The van der Waals surface area contributed by atoms with Crippen LogP contribution < -0.4 is 5.32 Å². The second-order valence-electron chi connectivity index (χ2n) is 6.08. The molecule has 0 aliphatic heterocycles. The van der Waals surface area contributed by atoms with Gasteiger partial charge in [0.15, 0.2) is 0 Å². The van der Waals surface area contributed by atoms with Crippen LogP contribution in [0.2, 0.25) is 0 Å². The van der Waals surface area contributed by atoms with E-state index < -0.39 is 11.7 Å². The minimum Gasteiger partial charge on any atom is -0.311 e. The first-order valence-electron chi connectivity index (χ1n) is 8.09. The van der Waals surface area contributed by atoms with Crippen LogP contribution in [-0.4, -0.2) is 15.7 Å². The van der Waals surface area contributed by atoms with Crippen molar-refractivity contribution in [1.82, 2.24) is 9.78 Å². The molecule has 0 fully saturated rings. The van der Waals surface area contributed by atoms with E-state index in [4.69, 9.17) is 5.26 Å². The van der Waals surface area contributed by atoms with Crippen LogP contribution in [0.25, 0.3) is 0 Å². The van der Waals surface area contributed by atoms with Crippen molar-refractivity contribution in [3.8, 4) is 6.07 Å². The highest BCUT2D eigenvalue weighted by Crippen LogP contribution is 2.30. The molecule has 2 rings (SSSR count). The minimum atomic E-state index is -4.38. The molecule has 0 radical (unpaired) electrons. The number of nitrogens with zero attached hydrogens (tertiary/aromatic N) is 3. The normalized spacial score (nSPS) is 12.5. The summed E-state index contributed by atoms with van der Waals surface area (Å²) in [6.07, 6.45) is -3.99. The van der Waals surface area contributed by atoms with E-state index in [1.807, 2.05) is 6.07 Å². The van der Waals surface area contributed by atoms with E-state index in [1.54, 1.807) is 24.6 Å². The van der Waals surface area contributed by atoms with Crippen LogP contribution >= 0.6 is 0 Å². The molecule has 1 atom stereocenters. The molecule has 1 N–H and O–H groups in total. The van der Waals surface area contributed by atoms with Gasteiger partial charge >= 0.3 is 6.18 Å². The van der Waals surface area contributed by atoms with Gasteiger partial charge in [0.05, 0.1) is 30.3 Å². The number of nitriles is 1. The predicted octanol–water partition coefficient (Wildman–Crippen LogP) is 4.26. The SMILES string of the molecule is Cc1cc(NC(=O)CC(C)c2ccc(C(F)(F)F)cc2)n(CCC#N)n1. The van der Waals surface area contributed by atoms with Gasteiger partial charge in [0.25, 0.3) is 0 Å². The van der Waals surface area contributed by atoms with Gasteiger partial charge in [-0.05, 0) is 30.5 Å². The Kier molecular flexibility index (Phi) is 6.03. The van der Waals surface area contributed by atoms with Gasteiger partial charge in [-0.1, -0.05) is 19.1 Å². The topological polar surface area (TPSA) is 70.7 Å². The average Bonchev–Trinajstić information content (AvgIpc) is 2.91. The average molecular weight is 364 g/mol. The van der Waals surface area contributed by atoms with Crippen LogP contribution in [-0.2, 0) is 17.5 Å². The molecule has 0 spiro atoms. The molecule has 1 aromatic heterocycles. The van der Waals surface area contributed by atoms with Gasteiger partial charge in [0.1, 0.15) is 5.82 Å². The van der Waals surface area contributed by atoms with Crippen LogP contribution in [0, 0.1) is 18.3 Å². The van der Waals surface area contributed by atoms with Crippen molar-refractivity contribution in [1.29, 1.82) is 5.26 Å². The molecule has 1 amide bonds. The molecular formula is C18H19F3N4O. The monoisotopic (exact) mass is 364 g/mol. The lowest BCUT2D eigenvalue weighted by Crippen LogP contribution is -2.17. The van der Waals surface area contributed by atoms with Crippen LogP contribution in [0.1, 0.15) is 42.5 Å². The molecule has 0 bridgehead atoms. The fourth-order valence-corrected chi connectivity index (χ4v) is 2.56. The summed E-state index contributed by atoms with van der Waals surface area (Å²) < 4.78 is 39.4. The highest BCUT2D eigenvalue weighted by molar-refractivity contribution is 5.90. The molecule has 0 saturated carbocycles. The third-order valence-corrected chi connectivity index (χ3v) is 3.90. The van der Waals surface area contributed by atoms with Crippen molar-refractivity contribution >= 4 is 11.7 Å². The first-order chi connectivity index (χ1) is 12.2. The van der Waals surface area contributed by atoms with E-state index in [9.17, 15) is 18.0 Å². The largest absolute Gasteiger partial charge is 0.416 e. The number of nitrogens with one attached hydrogen (secondary N) is 1. The summed E-state index contributed by atoms with van der Waals surface area (Å²) in [6, 6.07) is 8.55. The van der Waals surface area contributed by atoms with Crippen molar-refractivity contribution in [3.63, 3.8) is 0 Å². The summed E-state index contributed by atoms with van der Waals surface area (Å²) in [7, 11) is 0. The van der Waals surface area contributed by atoms with E-state index in [0.717, 1.165) is 12.1 Å². The lowest BCUT2D eigenvalue weighted by Gasteiger charge is -2.14. The van der Waals surface area contributed by atoms with E-state index in [1.165, 1.54) is 12.1 Å². The van der Waals surface area contributed by atoms with Crippen LogP contribution in [0.3, 0.4) is 0 Å². The zero-order chi connectivity index (χ0) is 19.3. The molecule has 138 valence electrons. The minimum absolute atomic E-state index is 0.119. The van der Waals surface area contributed by atoms with Gasteiger partial charge in [0, 0.05) is 12.5 Å². The van der Waals surface area contributed by atoms with Crippen molar-refractivity contribution in [2.75, 3.05) is 5.32 Å². The molecule has 26 heavy (non-hydrogen) atoms. The van der Waals surface area contributed by atoms with Crippen LogP contribution in [0.4, 0.5) is 19.0 Å². The maximum atomic E-state index is 12.6. The van der Waals surface area contributed by atoms with E-state index in [2.05, 4.69) is 10.4 Å². The molecule has 1 unspecified atom stereocenters. The molecule has 8 heteroatoms. The fraction of sp³-hybridized carbons (Fsp3) is 0.389. The molecule has 0 saturated heterocycles. The first-order valence-corrected chi connectivity index (χ1v) is 8.09. The Morgan fingerprint density at radius 2 is 2.00 bits per heavy atom. The predicted molar refractivity (Wildman–Crippen MR) is 90.3 cm³/mol. The van der Waals surface area contributed by atoms with Crippen molar-refractivity contribution in [2.24, 2.45) is 0 Å². The molecule has 2 aromatic rings. The second-order valence-corrected chi connectivity index (χ2v) is 6.08. The number of anilines is 1. The standard InChI is InChI=1S/C18H19F3N4O/c1-12(14-4-6-15(7-5-14)18(19,20)21)10-17(26)23-16-11-13(2)24-25(16)9-3-8-22/h4-7,11-12H,3,9-10H2,1-2H3,(H,23,26). The van der Waals surface area contributed by atoms with Gasteiger partial charge in [-0.25, -0.2) is 4.68 Å². The Bertz CT molecular complexity index is 803. The summed E-state index contributed by atoms with van der Waals surface area (Å²) >= 11 is 0. The Hall–Kier alpha value is -2.82. The lowest BCUT2D eigenvalue weighted by molar-refractivity contribution is -0.137. The number of aromatic nitrogens is 2. The maximum Gasteiger partial charge on any atom is 0.416 e. The third kappa shape index (κ3) is 5.09. The Labute approximate surface area is 149 Å². The number of carbonyl (C=O) groups excluding carboxylic acids is 1. The van der Waals surface area contributed by atoms with Crippen molar-refractivity contribution in [2.45, 2.75) is 45.3 Å². The number of benzene rings is 1. The Morgan fingerprint density at radius 3 is 2.58 bits per heavy atom. The number of halogens is 3. The zero-order valence-corrected chi connectivity index (χ0v) is 14.5. The quantitative estimate of drug-likeness (QED) is 0.833. The number of alkyl halides is 3. The van der Waals surface area contributed by atoms with Gasteiger partial charge in [-0.3, -0.25) is 4.79 Å². The highest BCUT2D eigenvalue weighted by atomic mass is 19.4. The molecule has 5 nitrogen and oxygen atoms in total. The van der Waals surface area contributed by atoms with Crippen LogP contribution in [0.5, 0.6) is 0 Å². The summed E-state index contributed by atoms with van der Waals surface area (Å²) in [5.41, 5.74) is 0.658. The number of carbonyl (C=O) groups is 1. The van der Waals surface area contributed by atoms with E-state index in [0.29, 0.717) is 23.6 Å². The lowest BCUT2D eigenvalue weighted by atomic mass is 9.96. The maximum absolute atomic E-state index is 12.6. The number of hydrogen-bond donors (Lipinski definition) is 1. The van der Waals surface area contributed by atoms with E-state index in [-0.39, 0.29) is 24.7 Å². The first kappa shape index (κ1) is 19.5. The number of hydrogen-bond acceptors (Lipinski definition) is 3. The van der Waals surface area contributed by atoms with Crippen LogP contribution in [0.15, 0.2) is 30.3 Å². The molecule has 0 aliphatic carbocycles. The molecule has 1 aromatic carbocycles. The fourth-order valence-electron chi connectivity index (χ4n) is 2.56. The smallest absolute Gasteiger partial charge is 0.311 e. The molecular weight excluding hydrogens is 345 g/mol. The second kappa shape index (κ2) is 8.04. The molecule has 1 heterocycles. The van der Waals surface area contributed by atoms with Crippen molar-refractivity contribution in [3.05, 3.63) is 47.2 Å². The Morgan fingerprint density at radius 1 is 1.35 bits per heavy atom. The van der Waals surface area contributed by atoms with Gasteiger partial charge in [-0.2, -0.15) is 23.5 Å². The van der Waals surface area contributed by atoms with Gasteiger partial charge < -0.3 is 5.32 Å². The number of rotatable bonds is 6. The number of aryl methyl sites for hydroxylation is 2. The summed E-state index contributed by atoms with van der Waals surface area (Å²) in [6.45, 7) is 3.93. The van der Waals surface area contributed by atoms with Crippen molar-refractivity contribution < 1.29 is 18.0 Å². The van der Waals surface area contributed by atoms with E-state index >= 15 is 0 Å². The Balaban J connectivity index is 2.00. The number of amides is 1. The highest BCUT2D eigenvalue weighted by Gasteiger charge is 2.30. The van der Waals surface area contributed by atoms with Gasteiger partial charge in [0.2, 0.25) is 5.91 Å². The zero-order valence-electron chi connectivity index (χ0n) is 14.5. The van der Waals surface area contributed by atoms with Gasteiger partial charge in [-0.15, -0.1) is 0 Å². The summed E-state index contributed by atoms with van der Waals surface area (Å²) in [5, 5.41) is 15.6. The summed E-state index contributed by atoms with van der Waals surface area (Å²) in [5.74, 6) is -0.00765.